The third kappa shape index (κ3) is 5.63. The maximum atomic E-state index is 12.6. The zero-order valence-corrected chi connectivity index (χ0v) is 19.2. The number of rotatable bonds is 7. The fourth-order valence-electron chi connectivity index (χ4n) is 4.13. The van der Waals surface area contributed by atoms with Gasteiger partial charge in [-0.3, -0.25) is 14.5 Å². The second-order valence-electron chi connectivity index (χ2n) is 8.13. The van der Waals surface area contributed by atoms with Crippen LogP contribution in [0.5, 0.6) is 0 Å². The van der Waals surface area contributed by atoms with E-state index in [4.69, 9.17) is 23.2 Å². The lowest BCUT2D eigenvalue weighted by molar-refractivity contribution is -0.126. The number of para-hydroxylation sites is 1. The highest BCUT2D eigenvalue weighted by atomic mass is 35.5. The SMILES string of the molecule is O=C(CN1CCC(C(=O)NCCc2c[nH]c3ccccc23)CC1)Nc1ccc(Cl)c(Cl)c1. The molecule has 0 unspecified atom stereocenters. The van der Waals surface area contributed by atoms with Gasteiger partial charge in [0.15, 0.2) is 0 Å². The van der Waals surface area contributed by atoms with E-state index in [9.17, 15) is 9.59 Å². The number of carbonyl (C=O) groups excluding carboxylic acids is 2. The van der Waals surface area contributed by atoms with Gasteiger partial charge in [-0.1, -0.05) is 41.4 Å². The third-order valence-electron chi connectivity index (χ3n) is 5.90. The molecule has 0 atom stereocenters. The molecule has 1 aliphatic rings. The molecule has 32 heavy (non-hydrogen) atoms. The Bertz CT molecular complexity index is 1110. The number of anilines is 1. The van der Waals surface area contributed by atoms with Crippen molar-refractivity contribution in [2.24, 2.45) is 5.92 Å². The van der Waals surface area contributed by atoms with E-state index >= 15 is 0 Å². The Morgan fingerprint density at radius 1 is 1.06 bits per heavy atom. The van der Waals surface area contributed by atoms with Crippen molar-refractivity contribution in [1.29, 1.82) is 0 Å². The molecular formula is C24H26Cl2N4O2. The van der Waals surface area contributed by atoms with E-state index < -0.39 is 0 Å². The molecule has 0 saturated carbocycles. The first-order valence-corrected chi connectivity index (χ1v) is 11.5. The number of hydrogen-bond donors (Lipinski definition) is 3. The van der Waals surface area contributed by atoms with Crippen LogP contribution in [0.25, 0.3) is 10.9 Å². The highest BCUT2D eigenvalue weighted by molar-refractivity contribution is 6.42. The number of fused-ring (bicyclic) bond motifs is 1. The van der Waals surface area contributed by atoms with E-state index in [1.54, 1.807) is 18.2 Å². The normalized spacial score (nSPS) is 15.1. The Morgan fingerprint density at radius 3 is 2.62 bits per heavy atom. The summed E-state index contributed by atoms with van der Waals surface area (Å²) in [6.07, 6.45) is 4.31. The Kier molecular flexibility index (Phi) is 7.35. The molecular weight excluding hydrogens is 447 g/mol. The lowest BCUT2D eigenvalue weighted by Gasteiger charge is -2.30. The molecule has 168 valence electrons. The molecule has 6 nitrogen and oxygen atoms in total. The highest BCUT2D eigenvalue weighted by Crippen LogP contribution is 2.25. The largest absolute Gasteiger partial charge is 0.361 e. The first-order chi connectivity index (χ1) is 15.5. The maximum absolute atomic E-state index is 12.6. The van der Waals surface area contributed by atoms with Crippen LogP contribution in [-0.4, -0.2) is 47.9 Å². The minimum atomic E-state index is -0.106. The predicted molar refractivity (Wildman–Crippen MR) is 129 cm³/mol. The Morgan fingerprint density at radius 2 is 1.84 bits per heavy atom. The Labute approximate surface area is 197 Å². The molecule has 1 aromatic heterocycles. The van der Waals surface area contributed by atoms with Crippen molar-refractivity contribution in [1.82, 2.24) is 15.2 Å². The van der Waals surface area contributed by atoms with E-state index in [1.165, 1.54) is 10.9 Å². The topological polar surface area (TPSA) is 77.2 Å². The average Bonchev–Trinajstić information content (AvgIpc) is 3.20. The van der Waals surface area contributed by atoms with E-state index in [0.717, 1.165) is 37.9 Å². The van der Waals surface area contributed by atoms with Gasteiger partial charge in [0, 0.05) is 35.2 Å². The average molecular weight is 473 g/mol. The van der Waals surface area contributed by atoms with Crippen LogP contribution in [0.1, 0.15) is 18.4 Å². The minimum Gasteiger partial charge on any atom is -0.361 e. The molecule has 3 N–H and O–H groups in total. The van der Waals surface area contributed by atoms with Gasteiger partial charge in [0.1, 0.15) is 0 Å². The molecule has 2 heterocycles. The molecule has 2 amide bonds. The Hall–Kier alpha value is -2.54. The number of amides is 2. The zero-order chi connectivity index (χ0) is 22.5. The molecule has 1 fully saturated rings. The third-order valence-corrected chi connectivity index (χ3v) is 6.64. The number of carbonyl (C=O) groups is 2. The number of benzene rings is 2. The number of halogens is 2. The number of aromatic nitrogens is 1. The maximum Gasteiger partial charge on any atom is 0.238 e. The molecule has 2 aromatic carbocycles. The lowest BCUT2D eigenvalue weighted by Crippen LogP contribution is -2.43. The van der Waals surface area contributed by atoms with Crippen molar-refractivity contribution in [3.05, 3.63) is 64.3 Å². The number of hydrogen-bond acceptors (Lipinski definition) is 3. The molecule has 1 saturated heterocycles. The quantitative estimate of drug-likeness (QED) is 0.474. The summed E-state index contributed by atoms with van der Waals surface area (Å²) in [7, 11) is 0. The summed E-state index contributed by atoms with van der Waals surface area (Å²) < 4.78 is 0. The van der Waals surface area contributed by atoms with Gasteiger partial charge >= 0.3 is 0 Å². The molecule has 0 aliphatic carbocycles. The summed E-state index contributed by atoms with van der Waals surface area (Å²) in [6.45, 7) is 2.34. The molecule has 0 bridgehead atoms. The first-order valence-electron chi connectivity index (χ1n) is 10.8. The second kappa shape index (κ2) is 10.4. The molecule has 8 heteroatoms. The fraction of sp³-hybridized carbons (Fsp3) is 0.333. The predicted octanol–water partition coefficient (Wildman–Crippen LogP) is 4.48. The van der Waals surface area contributed by atoms with Crippen LogP contribution in [0.3, 0.4) is 0 Å². The number of likely N-dealkylation sites (tertiary alicyclic amines) is 1. The van der Waals surface area contributed by atoms with Crippen LogP contribution in [0.4, 0.5) is 5.69 Å². The molecule has 0 spiro atoms. The summed E-state index contributed by atoms with van der Waals surface area (Å²) in [4.78, 5) is 30.2. The van der Waals surface area contributed by atoms with Crippen molar-refractivity contribution in [3.8, 4) is 0 Å². The summed E-state index contributed by atoms with van der Waals surface area (Å²) >= 11 is 11.9. The number of piperidine rings is 1. The molecule has 1 aliphatic heterocycles. The van der Waals surface area contributed by atoms with Crippen molar-refractivity contribution in [2.75, 3.05) is 31.5 Å². The fourth-order valence-corrected chi connectivity index (χ4v) is 4.43. The zero-order valence-electron chi connectivity index (χ0n) is 17.7. The summed E-state index contributed by atoms with van der Waals surface area (Å²) in [5, 5.41) is 7.98. The van der Waals surface area contributed by atoms with Crippen molar-refractivity contribution >= 4 is 51.6 Å². The van der Waals surface area contributed by atoms with Crippen LogP contribution in [-0.2, 0) is 16.0 Å². The molecule has 3 aromatic rings. The van der Waals surface area contributed by atoms with Crippen LogP contribution >= 0.6 is 23.2 Å². The van der Waals surface area contributed by atoms with Gasteiger partial charge in [-0.2, -0.15) is 0 Å². The first kappa shape index (κ1) is 22.6. The van der Waals surface area contributed by atoms with Gasteiger partial charge in [-0.05, 0) is 62.2 Å². The van der Waals surface area contributed by atoms with E-state index in [0.29, 0.717) is 22.3 Å². The highest BCUT2D eigenvalue weighted by Gasteiger charge is 2.25. The number of nitrogens with one attached hydrogen (secondary N) is 3. The van der Waals surface area contributed by atoms with Crippen molar-refractivity contribution in [2.45, 2.75) is 19.3 Å². The standard InChI is InChI=1S/C24H26Cl2N4O2/c25-20-6-5-18(13-21(20)26)29-23(31)15-30-11-8-16(9-12-30)24(32)27-10-7-17-14-28-22-4-2-1-3-19(17)22/h1-6,13-14,16,28H,7-12,15H2,(H,27,32)(H,29,31). The van der Waals surface area contributed by atoms with Crippen LogP contribution in [0, 0.1) is 5.92 Å². The van der Waals surface area contributed by atoms with Gasteiger partial charge in [0.2, 0.25) is 11.8 Å². The monoisotopic (exact) mass is 472 g/mol. The van der Waals surface area contributed by atoms with Crippen LogP contribution in [0.2, 0.25) is 10.0 Å². The molecule has 4 rings (SSSR count). The summed E-state index contributed by atoms with van der Waals surface area (Å²) in [5.74, 6) is -0.0119. The van der Waals surface area contributed by atoms with Crippen molar-refractivity contribution < 1.29 is 9.59 Å². The summed E-state index contributed by atoms with van der Waals surface area (Å²) in [6, 6.07) is 13.2. The second-order valence-corrected chi connectivity index (χ2v) is 8.94. The Balaban J connectivity index is 1.18. The van der Waals surface area contributed by atoms with Crippen molar-refractivity contribution in [3.63, 3.8) is 0 Å². The summed E-state index contributed by atoms with van der Waals surface area (Å²) in [5.41, 5.74) is 2.95. The molecule has 0 radical (unpaired) electrons. The smallest absolute Gasteiger partial charge is 0.238 e. The lowest BCUT2D eigenvalue weighted by atomic mass is 9.96. The van der Waals surface area contributed by atoms with Gasteiger partial charge < -0.3 is 15.6 Å². The van der Waals surface area contributed by atoms with Gasteiger partial charge in [-0.25, -0.2) is 0 Å². The van der Waals surface area contributed by atoms with Gasteiger partial charge in [0.25, 0.3) is 0 Å². The number of aromatic amines is 1. The van der Waals surface area contributed by atoms with Gasteiger partial charge in [0.05, 0.1) is 16.6 Å². The number of nitrogens with zero attached hydrogens (tertiary/aromatic N) is 1. The van der Waals surface area contributed by atoms with Crippen LogP contribution < -0.4 is 10.6 Å². The number of H-pyrrole nitrogens is 1. The van der Waals surface area contributed by atoms with E-state index in [1.807, 2.05) is 18.3 Å². The van der Waals surface area contributed by atoms with E-state index in [-0.39, 0.29) is 24.3 Å². The van der Waals surface area contributed by atoms with Gasteiger partial charge in [-0.15, -0.1) is 0 Å². The van der Waals surface area contributed by atoms with Crippen LogP contribution in [0.15, 0.2) is 48.7 Å². The minimum absolute atomic E-state index is 0.00708. The van der Waals surface area contributed by atoms with E-state index in [2.05, 4.69) is 32.7 Å².